The lowest BCUT2D eigenvalue weighted by Crippen LogP contribution is -2.64. The predicted molar refractivity (Wildman–Crippen MR) is 63.6 cm³/mol. The van der Waals surface area contributed by atoms with Crippen LogP contribution in [-0.4, -0.2) is 42.8 Å². The molecule has 0 rings (SSSR count). The molecule has 0 aliphatic rings. The van der Waals surface area contributed by atoms with E-state index in [1.54, 1.807) is 0 Å². The summed E-state index contributed by atoms with van der Waals surface area (Å²) >= 11 is 0. The Labute approximate surface area is 134 Å². The SMILES string of the molecule is CCC(NS(=O)(=O)C(F)(F)C(F)(F)C(F)(F)C(F)(F)F)=C(C)C(=O)O. The minimum absolute atomic E-state index is 0.634. The topological polar surface area (TPSA) is 83.5 Å². The average Bonchev–Trinajstić information content (AvgIpc) is 2.41. The molecule has 0 aliphatic heterocycles. The van der Waals surface area contributed by atoms with Crippen LogP contribution in [-0.2, 0) is 14.8 Å². The number of rotatable bonds is 7. The third-order valence-corrected chi connectivity index (χ3v) is 4.28. The van der Waals surface area contributed by atoms with Gasteiger partial charge in [-0.25, -0.2) is 4.79 Å². The molecular formula is C10H10F9NO4S. The Balaban J connectivity index is 6.25. The minimum atomic E-state index is -7.39. The molecular weight excluding hydrogens is 401 g/mol. The summed E-state index contributed by atoms with van der Waals surface area (Å²) in [5.41, 5.74) is -2.08. The van der Waals surface area contributed by atoms with Gasteiger partial charge < -0.3 is 5.11 Å². The lowest BCUT2D eigenvalue weighted by molar-refractivity contribution is -0.382. The Bertz CT molecular complexity index is 666. The molecule has 2 N–H and O–H groups in total. The number of hydrogen-bond donors (Lipinski definition) is 2. The van der Waals surface area contributed by atoms with Gasteiger partial charge >= 0.3 is 39.3 Å². The van der Waals surface area contributed by atoms with Crippen LogP contribution in [0.4, 0.5) is 39.5 Å². The van der Waals surface area contributed by atoms with Crippen LogP contribution in [0.5, 0.6) is 0 Å². The summed E-state index contributed by atoms with van der Waals surface area (Å²) in [6.45, 7) is 1.63. The maximum absolute atomic E-state index is 13.4. The number of carboxylic acids is 1. The monoisotopic (exact) mass is 411 g/mol. The van der Waals surface area contributed by atoms with Gasteiger partial charge in [0, 0.05) is 5.70 Å². The van der Waals surface area contributed by atoms with Crippen molar-refractivity contribution in [2.75, 3.05) is 0 Å². The van der Waals surface area contributed by atoms with Gasteiger partial charge in [0.1, 0.15) is 0 Å². The summed E-state index contributed by atoms with van der Waals surface area (Å²) in [4.78, 5) is 10.6. The van der Waals surface area contributed by atoms with Crippen molar-refractivity contribution in [3.63, 3.8) is 0 Å². The van der Waals surface area contributed by atoms with Gasteiger partial charge in [-0.3, -0.25) is 4.72 Å². The molecule has 0 saturated carbocycles. The van der Waals surface area contributed by atoms with Crippen molar-refractivity contribution < 1.29 is 57.8 Å². The first-order valence-electron chi connectivity index (χ1n) is 5.93. The zero-order valence-corrected chi connectivity index (χ0v) is 13.0. The van der Waals surface area contributed by atoms with Crippen LogP contribution in [0.15, 0.2) is 11.3 Å². The molecule has 0 fully saturated rings. The van der Waals surface area contributed by atoms with E-state index in [-0.39, 0.29) is 0 Å². The predicted octanol–water partition coefficient (Wildman–Crippen LogP) is 3.10. The van der Waals surface area contributed by atoms with Crippen molar-refractivity contribution in [2.45, 2.75) is 43.5 Å². The third kappa shape index (κ3) is 3.79. The van der Waals surface area contributed by atoms with Crippen molar-refractivity contribution >= 4 is 16.0 Å². The first kappa shape index (κ1) is 23.3. The Morgan fingerprint density at radius 1 is 0.960 bits per heavy atom. The molecule has 0 saturated heterocycles. The largest absolute Gasteiger partial charge is 0.478 e. The lowest BCUT2D eigenvalue weighted by atomic mass is 10.1. The number of hydrogen-bond acceptors (Lipinski definition) is 3. The van der Waals surface area contributed by atoms with E-state index in [0.29, 0.717) is 11.6 Å². The van der Waals surface area contributed by atoms with Crippen LogP contribution in [0.2, 0.25) is 0 Å². The van der Waals surface area contributed by atoms with Crippen molar-refractivity contribution in [1.29, 1.82) is 0 Å². The van der Waals surface area contributed by atoms with Gasteiger partial charge in [-0.2, -0.15) is 47.9 Å². The second-order valence-electron chi connectivity index (χ2n) is 4.53. The highest BCUT2D eigenvalue weighted by Crippen LogP contribution is 2.54. The fourth-order valence-electron chi connectivity index (χ4n) is 1.30. The van der Waals surface area contributed by atoms with Crippen molar-refractivity contribution in [3.05, 3.63) is 11.3 Å². The molecule has 0 aliphatic carbocycles. The molecule has 15 heteroatoms. The zero-order chi connectivity index (χ0) is 20.6. The smallest absolute Gasteiger partial charge is 0.460 e. The van der Waals surface area contributed by atoms with E-state index in [1.165, 1.54) is 0 Å². The Morgan fingerprint density at radius 2 is 1.36 bits per heavy atom. The van der Waals surface area contributed by atoms with Gasteiger partial charge in [0.15, 0.2) is 0 Å². The quantitative estimate of drug-likeness (QED) is 0.498. The van der Waals surface area contributed by atoms with Crippen LogP contribution in [0, 0.1) is 0 Å². The van der Waals surface area contributed by atoms with E-state index in [1.807, 2.05) is 0 Å². The van der Waals surface area contributed by atoms with Crippen LogP contribution in [0.1, 0.15) is 20.3 Å². The fraction of sp³-hybridized carbons (Fsp3) is 0.700. The summed E-state index contributed by atoms with van der Waals surface area (Å²) in [6, 6.07) is 0. The molecule has 0 bridgehead atoms. The number of nitrogens with one attached hydrogen (secondary N) is 1. The molecule has 148 valence electrons. The number of sulfonamides is 1. The summed E-state index contributed by atoms with van der Waals surface area (Å²) in [5.74, 6) is -16.7. The second-order valence-corrected chi connectivity index (χ2v) is 6.25. The summed E-state index contributed by atoms with van der Waals surface area (Å²) < 4.78 is 138. The first-order chi connectivity index (χ1) is 10.8. The Kier molecular flexibility index (Phi) is 6.13. The minimum Gasteiger partial charge on any atom is -0.478 e. The van der Waals surface area contributed by atoms with Crippen molar-refractivity contribution in [1.82, 2.24) is 4.72 Å². The molecule has 0 atom stereocenters. The molecule has 0 heterocycles. The van der Waals surface area contributed by atoms with E-state index in [2.05, 4.69) is 0 Å². The molecule has 0 aromatic carbocycles. The van der Waals surface area contributed by atoms with Crippen LogP contribution in [0.25, 0.3) is 0 Å². The summed E-state index contributed by atoms with van der Waals surface area (Å²) in [5, 5.41) is 1.65. The van der Waals surface area contributed by atoms with E-state index in [9.17, 15) is 52.7 Å². The number of allylic oxidation sites excluding steroid dienone is 1. The molecule has 5 nitrogen and oxygen atoms in total. The van der Waals surface area contributed by atoms with Crippen molar-refractivity contribution in [3.8, 4) is 0 Å². The van der Waals surface area contributed by atoms with Crippen molar-refractivity contribution in [2.24, 2.45) is 0 Å². The number of aliphatic carboxylic acids is 1. The van der Waals surface area contributed by atoms with E-state index >= 15 is 0 Å². The van der Waals surface area contributed by atoms with Crippen LogP contribution < -0.4 is 4.72 Å². The van der Waals surface area contributed by atoms with Crippen LogP contribution >= 0.6 is 0 Å². The third-order valence-electron chi connectivity index (χ3n) is 2.84. The Hall–Kier alpha value is -1.67. The maximum atomic E-state index is 13.4. The lowest BCUT2D eigenvalue weighted by Gasteiger charge is -2.33. The Morgan fingerprint density at radius 3 is 1.64 bits per heavy atom. The van der Waals surface area contributed by atoms with Gasteiger partial charge in [-0.05, 0) is 13.3 Å². The highest BCUT2D eigenvalue weighted by Gasteiger charge is 2.85. The number of halogens is 9. The zero-order valence-electron chi connectivity index (χ0n) is 12.2. The molecule has 0 amide bonds. The number of carboxylic acid groups (broad SMARTS) is 1. The van der Waals surface area contributed by atoms with Gasteiger partial charge in [-0.1, -0.05) is 6.92 Å². The summed E-state index contributed by atoms with van der Waals surface area (Å²) in [6.07, 6.45) is -7.87. The van der Waals surface area contributed by atoms with E-state index in [0.717, 1.165) is 6.92 Å². The highest BCUT2D eigenvalue weighted by atomic mass is 32.2. The molecule has 0 aromatic heterocycles. The normalized spacial score (nSPS) is 15.6. The highest BCUT2D eigenvalue weighted by molar-refractivity contribution is 7.90. The van der Waals surface area contributed by atoms with E-state index in [4.69, 9.17) is 5.11 Å². The number of alkyl halides is 9. The maximum Gasteiger partial charge on any atom is 0.460 e. The molecule has 0 unspecified atom stereocenters. The average molecular weight is 411 g/mol. The number of carbonyl (C=O) groups is 1. The molecule has 0 spiro atoms. The van der Waals surface area contributed by atoms with Gasteiger partial charge in [0.05, 0.1) is 5.57 Å². The fourth-order valence-corrected chi connectivity index (χ4v) is 2.51. The molecule has 25 heavy (non-hydrogen) atoms. The molecule has 0 radical (unpaired) electrons. The summed E-state index contributed by atoms with van der Waals surface area (Å²) in [7, 11) is -6.89. The second kappa shape index (κ2) is 6.57. The van der Waals surface area contributed by atoms with E-state index < -0.39 is 57.0 Å². The molecule has 0 aromatic rings. The van der Waals surface area contributed by atoms with Gasteiger partial charge in [0.25, 0.3) is 0 Å². The standard InChI is InChI=1S/C10H10F9NO4S/c1-3-5(4(2)6(21)22)20-25(23,24)10(18,19)8(13,14)7(11,12)9(15,16)17/h20H,3H2,1-2H3,(H,21,22). The van der Waals surface area contributed by atoms with Crippen LogP contribution in [0.3, 0.4) is 0 Å². The van der Waals surface area contributed by atoms with Gasteiger partial charge in [0.2, 0.25) is 0 Å². The first-order valence-corrected chi connectivity index (χ1v) is 7.41. The van der Waals surface area contributed by atoms with Gasteiger partial charge in [-0.15, -0.1) is 0 Å².